The smallest absolute Gasteiger partial charge is 0.315 e. The van der Waals surface area contributed by atoms with Crippen molar-refractivity contribution < 1.29 is 9.18 Å². The number of carbonyl (C=O) groups is 1. The third-order valence-electron chi connectivity index (χ3n) is 4.10. The molecule has 0 aliphatic heterocycles. The maximum atomic E-state index is 13.4. The van der Waals surface area contributed by atoms with Crippen molar-refractivity contribution in [1.29, 1.82) is 0 Å². The van der Waals surface area contributed by atoms with Crippen LogP contribution in [0.3, 0.4) is 0 Å². The molecule has 3 nitrogen and oxygen atoms in total. The van der Waals surface area contributed by atoms with Crippen LogP contribution in [0, 0.1) is 5.82 Å². The Labute approximate surface area is 139 Å². The molecule has 0 bridgehead atoms. The first-order valence-corrected chi connectivity index (χ1v) is 8.84. The van der Waals surface area contributed by atoms with E-state index in [-0.39, 0.29) is 17.9 Å². The molecule has 1 aliphatic rings. The third-order valence-corrected chi connectivity index (χ3v) is 4.85. The highest BCUT2D eigenvalue weighted by Crippen LogP contribution is 2.31. The third kappa shape index (κ3) is 3.85. The number of fused-ring (bicyclic) bond motifs is 1. The Balaban J connectivity index is 1.55. The Morgan fingerprint density at radius 2 is 2.04 bits per heavy atom. The molecule has 5 heteroatoms. The Kier molecular flexibility index (Phi) is 4.86. The van der Waals surface area contributed by atoms with Gasteiger partial charge in [0.1, 0.15) is 5.82 Å². The van der Waals surface area contributed by atoms with Crippen molar-refractivity contribution in [1.82, 2.24) is 10.6 Å². The van der Waals surface area contributed by atoms with Gasteiger partial charge in [-0.25, -0.2) is 9.18 Å². The van der Waals surface area contributed by atoms with Crippen LogP contribution >= 0.6 is 11.8 Å². The summed E-state index contributed by atoms with van der Waals surface area (Å²) in [4.78, 5) is 13.3. The quantitative estimate of drug-likeness (QED) is 0.831. The first-order chi connectivity index (χ1) is 11.2. The maximum absolute atomic E-state index is 13.4. The number of thioether (sulfide) groups is 1. The highest BCUT2D eigenvalue weighted by Gasteiger charge is 2.24. The van der Waals surface area contributed by atoms with Gasteiger partial charge in [-0.2, -0.15) is 0 Å². The van der Waals surface area contributed by atoms with Gasteiger partial charge in [0.2, 0.25) is 0 Å². The summed E-state index contributed by atoms with van der Waals surface area (Å²) in [5.74, 6) is -0.258. The van der Waals surface area contributed by atoms with Crippen molar-refractivity contribution >= 4 is 17.8 Å². The number of urea groups is 1. The van der Waals surface area contributed by atoms with E-state index < -0.39 is 0 Å². The molecule has 23 heavy (non-hydrogen) atoms. The molecule has 2 aromatic carbocycles. The van der Waals surface area contributed by atoms with Crippen molar-refractivity contribution in [2.45, 2.75) is 30.3 Å². The SMILES string of the molecule is CSc1ccc(CNC(=O)NC2CCc3ccc(F)cc32)cc1. The summed E-state index contributed by atoms with van der Waals surface area (Å²) in [5.41, 5.74) is 3.06. The number of aryl methyl sites for hydroxylation is 1. The maximum Gasteiger partial charge on any atom is 0.315 e. The normalized spacial score (nSPS) is 16.0. The summed E-state index contributed by atoms with van der Waals surface area (Å²) in [7, 11) is 0. The van der Waals surface area contributed by atoms with E-state index in [0.717, 1.165) is 29.5 Å². The van der Waals surface area contributed by atoms with Crippen molar-refractivity contribution in [3.05, 3.63) is 65.0 Å². The minimum Gasteiger partial charge on any atom is -0.334 e. The van der Waals surface area contributed by atoms with E-state index in [0.29, 0.717) is 6.54 Å². The van der Waals surface area contributed by atoms with Gasteiger partial charge in [0.15, 0.2) is 0 Å². The number of nitrogens with one attached hydrogen (secondary N) is 2. The Morgan fingerprint density at radius 3 is 2.78 bits per heavy atom. The summed E-state index contributed by atoms with van der Waals surface area (Å²) in [6.07, 6.45) is 3.72. The molecule has 0 radical (unpaired) electrons. The predicted octanol–water partition coefficient (Wildman–Crippen LogP) is 4.03. The second-order valence-corrected chi connectivity index (χ2v) is 6.49. The van der Waals surface area contributed by atoms with E-state index in [4.69, 9.17) is 0 Å². The zero-order chi connectivity index (χ0) is 16.2. The molecule has 3 rings (SSSR count). The average Bonchev–Trinajstić information content (AvgIpc) is 2.95. The summed E-state index contributed by atoms with van der Waals surface area (Å²) in [6.45, 7) is 0.475. The fourth-order valence-corrected chi connectivity index (χ4v) is 3.27. The van der Waals surface area contributed by atoms with Gasteiger partial charge in [-0.3, -0.25) is 0 Å². The van der Waals surface area contributed by atoms with E-state index in [2.05, 4.69) is 10.6 Å². The molecule has 0 fully saturated rings. The van der Waals surface area contributed by atoms with Crippen molar-refractivity contribution in [2.75, 3.05) is 6.26 Å². The number of carbonyl (C=O) groups excluding carboxylic acids is 1. The van der Waals surface area contributed by atoms with Gasteiger partial charge < -0.3 is 10.6 Å². The standard InChI is InChI=1S/C18H19FN2OS/c1-23-15-7-2-12(3-8-15)11-20-18(22)21-17-9-5-13-4-6-14(19)10-16(13)17/h2-4,6-8,10,17H,5,9,11H2,1H3,(H2,20,21,22). The van der Waals surface area contributed by atoms with Crippen LogP contribution in [-0.2, 0) is 13.0 Å². The largest absolute Gasteiger partial charge is 0.334 e. The zero-order valence-corrected chi connectivity index (χ0v) is 13.8. The summed E-state index contributed by atoms with van der Waals surface area (Å²) >= 11 is 1.69. The summed E-state index contributed by atoms with van der Waals surface area (Å²) < 4.78 is 13.4. The lowest BCUT2D eigenvalue weighted by Gasteiger charge is -2.15. The molecule has 0 saturated heterocycles. The lowest BCUT2D eigenvalue weighted by molar-refractivity contribution is 0.236. The Morgan fingerprint density at radius 1 is 1.26 bits per heavy atom. The van der Waals surface area contributed by atoms with Gasteiger partial charge in [-0.05, 0) is 60.1 Å². The van der Waals surface area contributed by atoms with E-state index in [1.54, 1.807) is 17.8 Å². The Bertz CT molecular complexity index is 703. The van der Waals surface area contributed by atoms with Gasteiger partial charge in [0.05, 0.1) is 6.04 Å². The molecule has 1 unspecified atom stereocenters. The second-order valence-electron chi connectivity index (χ2n) is 5.61. The minimum atomic E-state index is -0.258. The first-order valence-electron chi connectivity index (χ1n) is 7.61. The van der Waals surface area contributed by atoms with E-state index in [9.17, 15) is 9.18 Å². The van der Waals surface area contributed by atoms with Gasteiger partial charge in [0.25, 0.3) is 0 Å². The molecule has 0 aromatic heterocycles. The van der Waals surface area contributed by atoms with E-state index in [1.165, 1.54) is 17.0 Å². The minimum absolute atomic E-state index is 0.112. The van der Waals surface area contributed by atoms with Crippen molar-refractivity contribution in [2.24, 2.45) is 0 Å². The predicted molar refractivity (Wildman–Crippen MR) is 91.1 cm³/mol. The van der Waals surface area contributed by atoms with Crippen LogP contribution in [0.4, 0.5) is 9.18 Å². The van der Waals surface area contributed by atoms with Gasteiger partial charge in [0, 0.05) is 11.4 Å². The fraction of sp³-hybridized carbons (Fsp3) is 0.278. The molecule has 120 valence electrons. The van der Waals surface area contributed by atoms with E-state index >= 15 is 0 Å². The number of rotatable bonds is 4. The monoisotopic (exact) mass is 330 g/mol. The van der Waals surface area contributed by atoms with Crippen LogP contribution in [0.2, 0.25) is 0 Å². The van der Waals surface area contributed by atoms with Crippen LogP contribution < -0.4 is 10.6 Å². The molecule has 0 heterocycles. The lowest BCUT2D eigenvalue weighted by Crippen LogP contribution is -2.36. The number of hydrogen-bond donors (Lipinski definition) is 2. The Hall–Kier alpha value is -2.01. The van der Waals surface area contributed by atoms with Gasteiger partial charge in [-0.1, -0.05) is 18.2 Å². The number of benzene rings is 2. The number of halogens is 1. The molecule has 0 spiro atoms. The zero-order valence-electron chi connectivity index (χ0n) is 12.9. The van der Waals surface area contributed by atoms with Crippen molar-refractivity contribution in [3.63, 3.8) is 0 Å². The molecule has 2 amide bonds. The molecule has 2 N–H and O–H groups in total. The van der Waals surface area contributed by atoms with E-state index in [1.807, 2.05) is 30.5 Å². The molecule has 2 aromatic rings. The van der Waals surface area contributed by atoms with Crippen molar-refractivity contribution in [3.8, 4) is 0 Å². The summed E-state index contributed by atoms with van der Waals surface area (Å²) in [6, 6.07) is 12.6. The van der Waals surface area contributed by atoms with Crippen LogP contribution in [0.1, 0.15) is 29.2 Å². The molecule has 0 saturated carbocycles. The first kappa shape index (κ1) is 15.9. The number of hydrogen-bond acceptors (Lipinski definition) is 2. The second kappa shape index (κ2) is 7.04. The molecule has 1 atom stereocenters. The topological polar surface area (TPSA) is 41.1 Å². The van der Waals surface area contributed by atoms with Gasteiger partial charge in [-0.15, -0.1) is 11.8 Å². The average molecular weight is 330 g/mol. The molecule has 1 aliphatic carbocycles. The molecular formula is C18H19FN2OS. The van der Waals surface area contributed by atoms with Gasteiger partial charge >= 0.3 is 6.03 Å². The highest BCUT2D eigenvalue weighted by atomic mass is 32.2. The van der Waals surface area contributed by atoms with Crippen LogP contribution in [0.15, 0.2) is 47.4 Å². The van der Waals surface area contributed by atoms with Crippen LogP contribution in [0.5, 0.6) is 0 Å². The lowest BCUT2D eigenvalue weighted by atomic mass is 10.1. The molecular weight excluding hydrogens is 311 g/mol. The van der Waals surface area contributed by atoms with Crippen LogP contribution in [-0.4, -0.2) is 12.3 Å². The fourth-order valence-electron chi connectivity index (χ4n) is 2.86. The van der Waals surface area contributed by atoms with Crippen LogP contribution in [0.25, 0.3) is 0 Å². The summed E-state index contributed by atoms with van der Waals surface area (Å²) in [5, 5.41) is 5.79. The number of amides is 2. The highest BCUT2D eigenvalue weighted by molar-refractivity contribution is 7.98.